The summed E-state index contributed by atoms with van der Waals surface area (Å²) >= 11 is 4.60. The highest BCUT2D eigenvalue weighted by atomic mass is 79.9. The molecule has 2 aromatic heterocycles. The van der Waals surface area contributed by atoms with Crippen LogP contribution in [0.2, 0.25) is 0 Å². The second kappa shape index (κ2) is 8.41. The molecule has 0 saturated heterocycles. The third kappa shape index (κ3) is 4.78. The Morgan fingerprint density at radius 1 is 1.22 bits per heavy atom. The first kappa shape index (κ1) is 19.2. The lowest BCUT2D eigenvalue weighted by Crippen LogP contribution is -2.20. The molecule has 0 fully saturated rings. The summed E-state index contributed by atoms with van der Waals surface area (Å²) in [7, 11) is 0. The monoisotopic (exact) mass is 445 g/mol. The molecular formula is C19H16BrN3O3S. The minimum Gasteiger partial charge on any atom is -0.451 e. The Kier molecular flexibility index (Phi) is 5.98. The molecule has 0 unspecified atom stereocenters. The van der Waals surface area contributed by atoms with Gasteiger partial charge in [-0.25, -0.2) is 9.78 Å². The van der Waals surface area contributed by atoms with Gasteiger partial charge in [-0.3, -0.25) is 9.78 Å². The van der Waals surface area contributed by atoms with E-state index in [1.165, 1.54) is 11.3 Å². The van der Waals surface area contributed by atoms with Gasteiger partial charge in [0.05, 0.1) is 11.4 Å². The van der Waals surface area contributed by atoms with Crippen LogP contribution in [0.15, 0.2) is 47.1 Å². The molecule has 1 amide bonds. The van der Waals surface area contributed by atoms with Crippen molar-refractivity contribution in [2.75, 3.05) is 11.9 Å². The van der Waals surface area contributed by atoms with Crippen LogP contribution >= 0.6 is 27.3 Å². The van der Waals surface area contributed by atoms with Crippen molar-refractivity contribution in [3.63, 3.8) is 0 Å². The number of hydrogen-bond donors (Lipinski definition) is 1. The van der Waals surface area contributed by atoms with Gasteiger partial charge in [0.15, 0.2) is 6.61 Å². The van der Waals surface area contributed by atoms with E-state index in [1.807, 2.05) is 37.3 Å². The quantitative estimate of drug-likeness (QED) is 0.589. The summed E-state index contributed by atoms with van der Waals surface area (Å²) in [6.07, 6.45) is 1.66. The Morgan fingerprint density at radius 2 is 2.04 bits per heavy atom. The fourth-order valence-corrected chi connectivity index (χ4v) is 3.48. The van der Waals surface area contributed by atoms with Crippen molar-refractivity contribution < 1.29 is 14.3 Å². The highest BCUT2D eigenvalue weighted by Gasteiger charge is 2.19. The van der Waals surface area contributed by atoms with Crippen LogP contribution in [0, 0.1) is 13.8 Å². The van der Waals surface area contributed by atoms with Gasteiger partial charge in [0.2, 0.25) is 0 Å². The van der Waals surface area contributed by atoms with E-state index in [0.717, 1.165) is 10.0 Å². The second-order valence-electron chi connectivity index (χ2n) is 5.74. The third-order valence-electron chi connectivity index (χ3n) is 3.64. The number of rotatable bonds is 5. The van der Waals surface area contributed by atoms with Gasteiger partial charge in [0.1, 0.15) is 9.88 Å². The third-order valence-corrected chi connectivity index (χ3v) is 5.69. The van der Waals surface area contributed by atoms with E-state index in [0.29, 0.717) is 27.0 Å². The molecule has 8 heteroatoms. The normalized spacial score (nSPS) is 10.5. The Hall–Kier alpha value is -2.58. The van der Waals surface area contributed by atoms with Crippen LogP contribution in [-0.2, 0) is 9.53 Å². The van der Waals surface area contributed by atoms with Crippen LogP contribution in [0.25, 0.3) is 10.7 Å². The molecule has 3 rings (SSSR count). The van der Waals surface area contributed by atoms with Crippen molar-refractivity contribution in [1.82, 2.24) is 9.97 Å². The number of pyridine rings is 1. The number of benzene rings is 1. The first-order valence-corrected chi connectivity index (χ1v) is 9.67. The first-order valence-electron chi connectivity index (χ1n) is 8.06. The van der Waals surface area contributed by atoms with Crippen molar-refractivity contribution in [1.29, 1.82) is 0 Å². The van der Waals surface area contributed by atoms with Crippen LogP contribution in [0.1, 0.15) is 20.9 Å². The maximum Gasteiger partial charge on any atom is 0.350 e. The van der Waals surface area contributed by atoms with E-state index in [9.17, 15) is 9.59 Å². The zero-order valence-electron chi connectivity index (χ0n) is 14.7. The van der Waals surface area contributed by atoms with Crippen LogP contribution in [-0.4, -0.2) is 28.5 Å². The maximum absolute atomic E-state index is 12.3. The number of ether oxygens (including phenoxy) is 1. The zero-order chi connectivity index (χ0) is 19.4. The summed E-state index contributed by atoms with van der Waals surface area (Å²) in [5.74, 6) is -0.980. The minimum absolute atomic E-state index is 0.364. The van der Waals surface area contributed by atoms with Gasteiger partial charge in [-0.2, -0.15) is 0 Å². The molecule has 138 valence electrons. The average Bonchev–Trinajstić information content (AvgIpc) is 3.05. The Morgan fingerprint density at radius 3 is 2.74 bits per heavy atom. The molecule has 1 aromatic carbocycles. The number of nitrogens with one attached hydrogen (secondary N) is 1. The Labute approximate surface area is 168 Å². The number of carbonyl (C=O) groups excluding carboxylic acids is 2. The van der Waals surface area contributed by atoms with Crippen molar-refractivity contribution >= 4 is 44.8 Å². The van der Waals surface area contributed by atoms with Crippen LogP contribution in [0.5, 0.6) is 0 Å². The number of halogens is 1. The van der Waals surface area contributed by atoms with E-state index in [1.54, 1.807) is 19.2 Å². The van der Waals surface area contributed by atoms with Crippen LogP contribution in [0.3, 0.4) is 0 Å². The maximum atomic E-state index is 12.3. The standard InChI is InChI=1S/C19H16BrN3O3S/c1-11-9-13(6-7-14(11)20)23-16(24)10-26-19(25)17-12(2)22-18(27-17)15-5-3-4-8-21-15/h3-9H,10H2,1-2H3,(H,23,24). The van der Waals surface area contributed by atoms with Crippen molar-refractivity contribution in [3.05, 3.63) is 63.2 Å². The molecule has 0 bridgehead atoms. The topological polar surface area (TPSA) is 81.2 Å². The number of anilines is 1. The van der Waals surface area contributed by atoms with E-state index in [4.69, 9.17) is 4.74 Å². The number of amides is 1. The number of aromatic nitrogens is 2. The van der Waals surface area contributed by atoms with Crippen LogP contribution < -0.4 is 5.32 Å². The Balaban J connectivity index is 1.61. The number of thiazole rings is 1. The fourth-order valence-electron chi connectivity index (χ4n) is 2.30. The lowest BCUT2D eigenvalue weighted by Gasteiger charge is -2.07. The summed E-state index contributed by atoms with van der Waals surface area (Å²) in [6.45, 7) is 3.28. The number of carbonyl (C=O) groups is 2. The average molecular weight is 446 g/mol. The van der Waals surface area contributed by atoms with E-state index in [2.05, 4.69) is 31.2 Å². The summed E-state index contributed by atoms with van der Waals surface area (Å²) in [4.78, 5) is 33.3. The number of esters is 1. The molecule has 0 aliphatic rings. The van der Waals surface area contributed by atoms with Gasteiger partial charge in [0.25, 0.3) is 5.91 Å². The smallest absolute Gasteiger partial charge is 0.350 e. The Bertz CT molecular complexity index is 989. The van der Waals surface area contributed by atoms with Gasteiger partial charge in [-0.05, 0) is 49.7 Å². The SMILES string of the molecule is Cc1cc(NC(=O)COC(=O)c2sc(-c3ccccn3)nc2C)ccc1Br. The molecular weight excluding hydrogens is 430 g/mol. The molecule has 0 radical (unpaired) electrons. The summed E-state index contributed by atoms with van der Waals surface area (Å²) in [5, 5.41) is 3.34. The zero-order valence-corrected chi connectivity index (χ0v) is 17.1. The predicted octanol–water partition coefficient (Wildman–Crippen LogP) is 4.38. The van der Waals surface area contributed by atoms with E-state index < -0.39 is 11.9 Å². The molecule has 3 aromatic rings. The van der Waals surface area contributed by atoms with Crippen molar-refractivity contribution in [2.24, 2.45) is 0 Å². The van der Waals surface area contributed by atoms with Gasteiger partial charge in [-0.1, -0.05) is 22.0 Å². The number of aryl methyl sites for hydroxylation is 2. The molecule has 1 N–H and O–H groups in total. The molecule has 0 aliphatic carbocycles. The molecule has 0 aliphatic heterocycles. The van der Waals surface area contributed by atoms with Gasteiger partial charge in [-0.15, -0.1) is 11.3 Å². The molecule has 0 saturated carbocycles. The first-order chi connectivity index (χ1) is 12.9. The highest BCUT2D eigenvalue weighted by molar-refractivity contribution is 9.10. The molecule has 27 heavy (non-hydrogen) atoms. The molecule has 0 atom stereocenters. The minimum atomic E-state index is -0.575. The predicted molar refractivity (Wildman–Crippen MR) is 108 cm³/mol. The fraction of sp³-hybridized carbons (Fsp3) is 0.158. The number of hydrogen-bond acceptors (Lipinski definition) is 6. The lowest BCUT2D eigenvalue weighted by atomic mass is 10.2. The molecule has 0 spiro atoms. The van der Waals surface area contributed by atoms with Crippen molar-refractivity contribution in [2.45, 2.75) is 13.8 Å². The molecule has 2 heterocycles. The van der Waals surface area contributed by atoms with Crippen molar-refractivity contribution in [3.8, 4) is 10.7 Å². The summed E-state index contributed by atoms with van der Waals surface area (Å²) < 4.78 is 6.09. The van der Waals surface area contributed by atoms with Gasteiger partial charge in [0, 0.05) is 16.4 Å². The van der Waals surface area contributed by atoms with Crippen LogP contribution in [0.4, 0.5) is 5.69 Å². The van der Waals surface area contributed by atoms with E-state index in [-0.39, 0.29) is 6.61 Å². The molecule has 6 nitrogen and oxygen atoms in total. The second-order valence-corrected chi connectivity index (χ2v) is 7.59. The lowest BCUT2D eigenvalue weighted by molar-refractivity contribution is -0.119. The summed E-state index contributed by atoms with van der Waals surface area (Å²) in [5.41, 5.74) is 2.87. The summed E-state index contributed by atoms with van der Waals surface area (Å²) in [6, 6.07) is 10.9. The van der Waals surface area contributed by atoms with E-state index >= 15 is 0 Å². The highest BCUT2D eigenvalue weighted by Crippen LogP contribution is 2.27. The van der Waals surface area contributed by atoms with Gasteiger partial charge >= 0.3 is 5.97 Å². The van der Waals surface area contributed by atoms with Gasteiger partial charge < -0.3 is 10.1 Å². The number of nitrogens with zero attached hydrogens (tertiary/aromatic N) is 2. The largest absolute Gasteiger partial charge is 0.451 e.